The zero-order chi connectivity index (χ0) is 38.6. The Morgan fingerprint density at radius 2 is 0.771 bits per heavy atom. The zero-order valence-electron chi connectivity index (χ0n) is 25.0. The van der Waals surface area contributed by atoms with Gasteiger partial charge in [-0.2, -0.15) is 0 Å². The van der Waals surface area contributed by atoms with Crippen LogP contribution in [0.4, 0.5) is 0 Å². The number of rotatable bonds is 3. The van der Waals surface area contributed by atoms with Crippen LogP contribution in [0.2, 0.25) is 0 Å². The van der Waals surface area contributed by atoms with Gasteiger partial charge in [-0.1, -0.05) is 42.5 Å². The van der Waals surface area contributed by atoms with Gasteiger partial charge in [0.05, 0.1) is 0 Å². The van der Waals surface area contributed by atoms with Gasteiger partial charge >= 0.3 is 347 Å². The number of carbonyl (C=O) groups is 3. The van der Waals surface area contributed by atoms with Crippen molar-refractivity contribution in [2.45, 2.75) is 42.5 Å². The third-order valence-corrected chi connectivity index (χ3v) is 15.3. The molecule has 0 aromatic heterocycles. The van der Waals surface area contributed by atoms with Gasteiger partial charge < -0.3 is 5.73 Å². The summed E-state index contributed by atoms with van der Waals surface area (Å²) in [5, 5.41) is 16.9. The number of carbonyl (C=O) groups excluding carboxylic acids is 2. The second kappa shape index (κ2) is 55.2. The van der Waals surface area contributed by atoms with E-state index in [1.165, 1.54) is 137 Å². The van der Waals surface area contributed by atoms with Gasteiger partial charge in [0.25, 0.3) is 0 Å². The average Bonchev–Trinajstić information content (AvgIpc) is 3.77. The first-order chi connectivity index (χ1) is 21.9. The number of nitrogens with one attached hydrogen (secondary N) is 3. The van der Waals surface area contributed by atoms with Gasteiger partial charge in [-0.15, -0.1) is 12.8 Å². The van der Waals surface area contributed by atoms with Crippen LogP contribution in [0.3, 0.4) is 0 Å². The van der Waals surface area contributed by atoms with E-state index in [4.69, 9.17) is 5.11 Å². The molecule has 3 rings (SSSR count). The van der Waals surface area contributed by atoms with Crippen LogP contribution in [0, 0.1) is 12.8 Å². The number of methoxy groups -OCH3 is 2. The molecule has 3 aliphatic heterocycles. The molecule has 272 valence electrons. The number of nitrogens with two attached hydrogens (primary N) is 1. The molecular formula is C23H37N7O6W12. The molecule has 0 aromatic carbocycles. The topological polar surface area (TPSA) is 189 Å². The third kappa shape index (κ3) is 38.1. The molecule has 0 bridgehead atoms. The maximum absolute atomic E-state index is 10.9. The van der Waals surface area contributed by atoms with Gasteiger partial charge in [-0.25, -0.2) is 0 Å². The number of hydrogen-bond donors (Lipinski definition) is 5. The Bertz CT molecular complexity index is 1120. The van der Waals surface area contributed by atoms with Gasteiger partial charge in [0.2, 0.25) is 0 Å². The van der Waals surface area contributed by atoms with Crippen molar-refractivity contribution in [1.29, 1.82) is 0 Å². The van der Waals surface area contributed by atoms with Crippen LogP contribution < -0.4 is 21.7 Å². The summed E-state index contributed by atoms with van der Waals surface area (Å²) in [6.45, 7) is 8.00. The molecule has 0 saturated heterocycles. The van der Waals surface area contributed by atoms with Crippen molar-refractivity contribution in [2.75, 3.05) is 21.3 Å². The number of aliphatic carboxylic acids is 1. The Morgan fingerprint density at radius 1 is 0.583 bits per heavy atom. The number of hydrogen-bond acceptors (Lipinski definition) is 12. The summed E-state index contributed by atoms with van der Waals surface area (Å²) in [6.07, 6.45) is 8.00. The molecule has 0 spiro atoms. The van der Waals surface area contributed by atoms with Crippen LogP contribution in [-0.2, 0) is 237 Å². The first kappa shape index (κ1) is 73.0. The molecule has 13 nitrogen and oxygen atoms in total. The molecule has 0 aliphatic carbocycles. The molecule has 3 heterocycles. The minimum atomic E-state index is -0.991. The van der Waals surface area contributed by atoms with Gasteiger partial charge in [0.1, 0.15) is 0 Å². The Labute approximate surface area is 407 Å². The summed E-state index contributed by atoms with van der Waals surface area (Å²) in [7, 11) is 4.18. The molecule has 48 heavy (non-hydrogen) atoms. The Hall–Kier alpha value is 3.82. The number of ether oxygens (including phenoxy) is 2. The second-order valence-corrected chi connectivity index (χ2v) is 13.5. The fraction of sp³-hybridized carbons (Fsp3) is 0.391. The summed E-state index contributed by atoms with van der Waals surface area (Å²) in [5.41, 5.74) is 4.50. The van der Waals surface area contributed by atoms with E-state index in [9.17, 15) is 14.4 Å². The Morgan fingerprint density at radius 3 is 0.875 bits per heavy atom. The van der Waals surface area contributed by atoms with Gasteiger partial charge in [0.15, 0.2) is 0 Å². The SMILES string of the molecule is C.C.C#C.CC.CC.CN.COC(=O)C1=N[C](=[W])[C](=[W])N1.COC(=O)C1=N[C](=[W])[C](=[W])N1.O=C(O)C1=N[C](=[W])[C](=[W])N1.[W]=[W].[W]=[W].[W]=[W]. The predicted molar refractivity (Wildman–Crippen MR) is 150 cm³/mol. The standard InChI is InChI=1S/2C5H4N2O2.C4H2N2O2.2C2H6.C2H2.CH5N.2CH4.12W/c2*1-9-5(8)4-6-2-3-7-4;7-4(8)3-5-1-2-6-3;4*1-2;;;;;;;;;;;;;;/h2*6H,1H3;5H,(H,7,8);2*1-2H3;1-2H;2H2,1H3;2*1H4;;;;;;;;;;;;. The van der Waals surface area contributed by atoms with Gasteiger partial charge in [-0.05, 0) is 7.05 Å². The second-order valence-electron chi connectivity index (χ2n) is 4.95. The van der Waals surface area contributed by atoms with E-state index in [2.05, 4.69) is 59.0 Å². The Balaban J connectivity index is -0.0000000563. The minimum absolute atomic E-state index is 0. The number of amidine groups is 3. The molecule has 0 aromatic rings. The van der Waals surface area contributed by atoms with Crippen LogP contribution >= 0.6 is 0 Å². The van der Waals surface area contributed by atoms with Crippen molar-refractivity contribution in [1.82, 2.24) is 16.0 Å². The summed E-state index contributed by atoms with van der Waals surface area (Å²) >= 11 is 17.5. The van der Waals surface area contributed by atoms with Crippen molar-refractivity contribution in [2.24, 2.45) is 20.7 Å². The quantitative estimate of drug-likeness (QED) is 0.166. The third-order valence-electron chi connectivity index (χ3n) is 2.88. The van der Waals surface area contributed by atoms with E-state index in [1.807, 2.05) is 27.7 Å². The molecule has 3 aliphatic rings. The van der Waals surface area contributed by atoms with Crippen LogP contribution in [0.1, 0.15) is 42.5 Å². The monoisotopic (exact) mass is 2710 g/mol. The van der Waals surface area contributed by atoms with E-state index in [1.54, 1.807) is 97.3 Å². The maximum atomic E-state index is 10.9. The summed E-state index contributed by atoms with van der Waals surface area (Å²) in [5.74, 6) is -1.13. The summed E-state index contributed by atoms with van der Waals surface area (Å²) in [6, 6.07) is 0. The number of esters is 2. The molecule has 0 unspecified atom stereocenters. The average molecular weight is 2710 g/mol. The first-order valence-corrected chi connectivity index (χ1v) is 52.8. The van der Waals surface area contributed by atoms with E-state index in [0.717, 1.165) is 24.1 Å². The molecule has 0 radical (unpaired) electrons. The molecule has 25 heteroatoms. The van der Waals surface area contributed by atoms with E-state index >= 15 is 0 Å². The number of terminal acetylenes is 1. The number of carboxylic acids is 1. The van der Waals surface area contributed by atoms with Crippen molar-refractivity contribution < 1.29 is 242 Å². The van der Waals surface area contributed by atoms with E-state index in [-0.39, 0.29) is 20.7 Å². The number of carboxylic acid groups (broad SMARTS) is 1. The van der Waals surface area contributed by atoms with Crippen molar-refractivity contribution in [3.63, 3.8) is 0 Å². The van der Waals surface area contributed by atoms with E-state index < -0.39 is 17.9 Å². The molecule has 0 fully saturated rings. The van der Waals surface area contributed by atoms with E-state index in [0.29, 0.717) is 11.7 Å². The molecule has 0 amide bonds. The van der Waals surface area contributed by atoms with Crippen LogP contribution in [0.15, 0.2) is 15.0 Å². The molecule has 0 saturated carbocycles. The van der Waals surface area contributed by atoms with Gasteiger partial charge in [0, 0.05) is 0 Å². The molecule has 6 N–H and O–H groups in total. The van der Waals surface area contributed by atoms with Crippen molar-refractivity contribution in [3.05, 3.63) is 0 Å². The van der Waals surface area contributed by atoms with Gasteiger partial charge in [-0.3, -0.25) is 0 Å². The van der Waals surface area contributed by atoms with Crippen LogP contribution in [0.5, 0.6) is 0 Å². The normalized spacial score (nSPS) is 11.4. The fourth-order valence-corrected chi connectivity index (χ4v) is 4.58. The van der Waals surface area contributed by atoms with Crippen molar-refractivity contribution in [3.8, 4) is 12.8 Å². The first-order valence-electron chi connectivity index (χ1n) is 11.0. The summed E-state index contributed by atoms with van der Waals surface area (Å²) < 4.78 is 14.7. The number of aliphatic imine (C=N–C) groups is 3. The van der Waals surface area contributed by atoms with Crippen molar-refractivity contribution >= 4 is 59.5 Å². The van der Waals surface area contributed by atoms with Crippen LogP contribution in [0.25, 0.3) is 0 Å². The predicted octanol–water partition coefficient (Wildman–Crippen LogP) is -1.41. The zero-order valence-corrected chi connectivity index (χ0v) is 60.2. The summed E-state index contributed by atoms with van der Waals surface area (Å²) in [4.78, 5) is 43.9. The number of nitrogens with zero attached hydrogens (tertiary/aromatic N) is 3. The molecule has 0 atom stereocenters. The van der Waals surface area contributed by atoms with Crippen LogP contribution in [-0.4, -0.2) is 85.9 Å². The molecular weight excluding hydrogens is 2680 g/mol. The fourth-order valence-electron chi connectivity index (χ4n) is 1.51. The Kier molecular flexibility index (Phi) is 83.9.